The van der Waals surface area contributed by atoms with E-state index in [0.717, 1.165) is 11.8 Å². The highest BCUT2D eigenvalue weighted by molar-refractivity contribution is 8.14. The van der Waals surface area contributed by atoms with Crippen molar-refractivity contribution in [1.82, 2.24) is 4.98 Å². The van der Waals surface area contributed by atoms with E-state index in [1.807, 2.05) is 0 Å². The first-order valence-corrected chi connectivity index (χ1v) is 5.20. The van der Waals surface area contributed by atoms with E-state index < -0.39 is 10.9 Å². The van der Waals surface area contributed by atoms with E-state index in [2.05, 4.69) is 10.3 Å². The molecular weight excluding hydrogens is 216 g/mol. The second kappa shape index (κ2) is 5.26. The van der Waals surface area contributed by atoms with Gasteiger partial charge in [0.05, 0.1) is 0 Å². The van der Waals surface area contributed by atoms with Crippen LogP contribution in [0.15, 0.2) is 18.3 Å². The minimum atomic E-state index is -0.598. The number of hydrogen-bond acceptors (Lipinski definition) is 5. The molecule has 0 fully saturated rings. The number of rotatable bonds is 4. The van der Waals surface area contributed by atoms with Crippen molar-refractivity contribution in [2.75, 3.05) is 11.6 Å². The monoisotopic (exact) mass is 224 g/mol. The van der Waals surface area contributed by atoms with Gasteiger partial charge in [0.2, 0.25) is 12.2 Å². The van der Waals surface area contributed by atoms with Gasteiger partial charge in [-0.2, -0.15) is 0 Å². The topological polar surface area (TPSA) is 76.1 Å². The molecule has 0 radical (unpaired) electrons. The minimum absolute atomic E-state index is 0.216. The fraction of sp³-hybridized carbons (Fsp3) is 0.111. The lowest BCUT2D eigenvalue weighted by molar-refractivity contribution is -0.107. The van der Waals surface area contributed by atoms with Gasteiger partial charge in [0, 0.05) is 11.8 Å². The molecule has 1 heterocycles. The van der Waals surface area contributed by atoms with Crippen LogP contribution in [0.3, 0.4) is 0 Å². The number of aromatic nitrogens is 1. The highest BCUT2D eigenvalue weighted by atomic mass is 32.2. The number of carbonyl (C=O) groups is 3. The summed E-state index contributed by atoms with van der Waals surface area (Å²) in [4.78, 5) is 36.4. The van der Waals surface area contributed by atoms with Crippen molar-refractivity contribution in [2.24, 2.45) is 0 Å². The molecule has 1 rings (SSSR count). The molecular formula is C9H8N2O3S. The zero-order valence-electron chi connectivity index (χ0n) is 7.89. The van der Waals surface area contributed by atoms with Crippen LogP contribution in [0.1, 0.15) is 10.4 Å². The Kier molecular flexibility index (Phi) is 3.99. The predicted molar refractivity (Wildman–Crippen MR) is 56.8 cm³/mol. The van der Waals surface area contributed by atoms with Crippen LogP contribution in [0.5, 0.6) is 0 Å². The van der Waals surface area contributed by atoms with Crippen LogP contribution in [0.2, 0.25) is 0 Å². The molecule has 0 aliphatic rings. The first-order chi connectivity index (χ1) is 7.19. The lowest BCUT2D eigenvalue weighted by atomic mass is 10.2. The van der Waals surface area contributed by atoms with Gasteiger partial charge in [-0.1, -0.05) is 11.8 Å². The summed E-state index contributed by atoms with van der Waals surface area (Å²) in [6, 6.07) is 2.78. The SMILES string of the molecule is CSC(=O)C(=O)c1ccnc(NC=O)c1. The molecule has 5 nitrogen and oxygen atoms in total. The summed E-state index contributed by atoms with van der Waals surface area (Å²) < 4.78 is 0. The Hall–Kier alpha value is -1.69. The average molecular weight is 224 g/mol. The lowest BCUT2D eigenvalue weighted by Gasteiger charge is -2.00. The van der Waals surface area contributed by atoms with E-state index >= 15 is 0 Å². The minimum Gasteiger partial charge on any atom is -0.313 e. The number of ketones is 1. The molecule has 0 aliphatic carbocycles. The van der Waals surface area contributed by atoms with Gasteiger partial charge in [-0.15, -0.1) is 0 Å². The summed E-state index contributed by atoms with van der Waals surface area (Å²) in [5.74, 6) is -0.358. The zero-order chi connectivity index (χ0) is 11.3. The summed E-state index contributed by atoms with van der Waals surface area (Å²) >= 11 is 0.848. The normalized spacial score (nSPS) is 9.40. The van der Waals surface area contributed by atoms with Gasteiger partial charge >= 0.3 is 0 Å². The third-order valence-corrected chi connectivity index (χ3v) is 2.16. The Labute approximate surface area is 90.3 Å². The zero-order valence-corrected chi connectivity index (χ0v) is 8.71. The maximum Gasteiger partial charge on any atom is 0.259 e. The maximum absolute atomic E-state index is 11.4. The summed E-state index contributed by atoms with van der Waals surface area (Å²) in [6.07, 6.45) is 3.34. The maximum atomic E-state index is 11.4. The van der Waals surface area contributed by atoms with Crippen LogP contribution in [-0.4, -0.2) is 28.5 Å². The first kappa shape index (κ1) is 11.4. The number of amides is 1. The van der Waals surface area contributed by atoms with Gasteiger partial charge in [-0.05, 0) is 18.4 Å². The van der Waals surface area contributed by atoms with Crippen molar-refractivity contribution in [3.63, 3.8) is 0 Å². The first-order valence-electron chi connectivity index (χ1n) is 3.98. The fourth-order valence-corrected chi connectivity index (χ4v) is 1.22. The van der Waals surface area contributed by atoms with E-state index in [9.17, 15) is 14.4 Å². The lowest BCUT2D eigenvalue weighted by Crippen LogP contribution is -2.10. The number of anilines is 1. The van der Waals surface area contributed by atoms with Crippen molar-refractivity contribution >= 4 is 34.9 Å². The smallest absolute Gasteiger partial charge is 0.259 e. The van der Waals surface area contributed by atoms with Crippen LogP contribution >= 0.6 is 11.8 Å². The number of nitrogens with zero attached hydrogens (tertiary/aromatic N) is 1. The molecule has 1 aromatic rings. The number of thioether (sulfide) groups is 1. The van der Waals surface area contributed by atoms with Crippen LogP contribution < -0.4 is 5.32 Å². The molecule has 0 unspecified atom stereocenters. The van der Waals surface area contributed by atoms with Crippen molar-refractivity contribution in [3.8, 4) is 0 Å². The van der Waals surface area contributed by atoms with Gasteiger partial charge < -0.3 is 5.32 Å². The highest BCUT2D eigenvalue weighted by Gasteiger charge is 2.15. The van der Waals surface area contributed by atoms with Gasteiger partial charge in [0.25, 0.3) is 5.12 Å². The predicted octanol–water partition coefficient (Wildman–Crippen LogP) is 0.722. The Bertz CT molecular complexity index is 406. The number of Topliss-reactive ketones (excluding diaryl/α,β-unsaturated/α-hetero) is 1. The summed E-state index contributed by atoms with van der Waals surface area (Å²) in [7, 11) is 0. The number of pyridine rings is 1. The van der Waals surface area contributed by atoms with Crippen LogP contribution in [0, 0.1) is 0 Å². The molecule has 6 heteroatoms. The van der Waals surface area contributed by atoms with E-state index in [4.69, 9.17) is 0 Å². The van der Waals surface area contributed by atoms with Crippen LogP contribution in [-0.2, 0) is 9.59 Å². The number of hydrogen-bond donors (Lipinski definition) is 1. The molecule has 78 valence electrons. The van der Waals surface area contributed by atoms with E-state index in [-0.39, 0.29) is 11.4 Å². The highest BCUT2D eigenvalue weighted by Crippen LogP contribution is 2.10. The third-order valence-electron chi connectivity index (χ3n) is 1.60. The molecule has 0 aromatic carbocycles. The van der Waals surface area contributed by atoms with Gasteiger partial charge in [-0.25, -0.2) is 4.98 Å². The Morgan fingerprint density at radius 3 is 2.87 bits per heavy atom. The average Bonchev–Trinajstić information content (AvgIpc) is 2.28. The second-order valence-corrected chi connectivity index (χ2v) is 3.29. The van der Waals surface area contributed by atoms with Crippen molar-refractivity contribution in [3.05, 3.63) is 23.9 Å². The van der Waals surface area contributed by atoms with Crippen LogP contribution in [0.4, 0.5) is 5.82 Å². The molecule has 0 bridgehead atoms. The molecule has 15 heavy (non-hydrogen) atoms. The second-order valence-electron chi connectivity index (χ2n) is 2.51. The molecule has 0 atom stereocenters. The summed E-state index contributed by atoms with van der Waals surface area (Å²) in [5, 5.41) is 1.75. The fourth-order valence-electron chi connectivity index (χ4n) is 0.922. The summed E-state index contributed by atoms with van der Waals surface area (Å²) in [5.41, 5.74) is 0.216. The summed E-state index contributed by atoms with van der Waals surface area (Å²) in [6.45, 7) is 0. The van der Waals surface area contributed by atoms with Crippen molar-refractivity contribution < 1.29 is 14.4 Å². The molecule has 1 N–H and O–H groups in total. The van der Waals surface area contributed by atoms with Crippen LogP contribution in [0.25, 0.3) is 0 Å². The molecule has 0 spiro atoms. The van der Waals surface area contributed by atoms with Gasteiger partial charge in [0.1, 0.15) is 5.82 Å². The molecule has 0 saturated carbocycles. The molecule has 1 aromatic heterocycles. The van der Waals surface area contributed by atoms with Gasteiger partial charge in [0.15, 0.2) is 0 Å². The third kappa shape index (κ3) is 2.88. The van der Waals surface area contributed by atoms with E-state index in [1.165, 1.54) is 24.6 Å². The van der Waals surface area contributed by atoms with Gasteiger partial charge in [-0.3, -0.25) is 14.4 Å². The quantitative estimate of drug-likeness (QED) is 0.463. The van der Waals surface area contributed by atoms with Crippen molar-refractivity contribution in [2.45, 2.75) is 0 Å². The standard InChI is InChI=1S/C9H8N2O3S/c1-15-9(14)8(13)6-2-3-10-7(4-6)11-5-12/h2-5H,1H3,(H,10,11,12). The van der Waals surface area contributed by atoms with E-state index in [0.29, 0.717) is 6.41 Å². The molecule has 1 amide bonds. The number of nitrogens with one attached hydrogen (secondary N) is 1. The molecule has 0 aliphatic heterocycles. The Morgan fingerprint density at radius 1 is 1.53 bits per heavy atom. The van der Waals surface area contributed by atoms with E-state index in [1.54, 1.807) is 0 Å². The number of carbonyl (C=O) groups excluding carboxylic acids is 3. The largest absolute Gasteiger partial charge is 0.313 e. The Balaban J connectivity index is 2.94. The Morgan fingerprint density at radius 2 is 2.27 bits per heavy atom. The molecule has 0 saturated heterocycles. The van der Waals surface area contributed by atoms with Crippen molar-refractivity contribution in [1.29, 1.82) is 0 Å².